The summed E-state index contributed by atoms with van der Waals surface area (Å²) in [5.41, 5.74) is 3.78. The highest BCUT2D eigenvalue weighted by molar-refractivity contribution is 5.99. The molecule has 4 rings (SSSR count). The van der Waals surface area contributed by atoms with Crippen LogP contribution >= 0.6 is 0 Å². The molecular formula is C31H40N2O6. The summed E-state index contributed by atoms with van der Waals surface area (Å²) in [6, 6.07) is 15.2. The highest BCUT2D eigenvalue weighted by Gasteiger charge is 2.48. The molecule has 1 unspecified atom stereocenters. The van der Waals surface area contributed by atoms with Gasteiger partial charge in [0.25, 0.3) is 5.91 Å². The van der Waals surface area contributed by atoms with Crippen molar-refractivity contribution in [3.8, 4) is 11.1 Å². The van der Waals surface area contributed by atoms with Crippen molar-refractivity contribution in [1.82, 2.24) is 5.32 Å². The van der Waals surface area contributed by atoms with Crippen LogP contribution in [-0.2, 0) is 30.2 Å². The molecule has 5 atom stereocenters. The highest BCUT2D eigenvalue weighted by Crippen LogP contribution is 2.32. The van der Waals surface area contributed by atoms with Crippen LogP contribution in [0.25, 0.3) is 11.1 Å². The summed E-state index contributed by atoms with van der Waals surface area (Å²) in [6.45, 7) is 9.59. The van der Waals surface area contributed by atoms with Gasteiger partial charge in [0, 0.05) is 12.8 Å². The first-order valence-electron chi connectivity index (χ1n) is 13.4. The van der Waals surface area contributed by atoms with Gasteiger partial charge in [0.1, 0.15) is 24.4 Å². The molecule has 0 aromatic heterocycles. The van der Waals surface area contributed by atoms with Crippen molar-refractivity contribution in [2.45, 2.75) is 83.7 Å². The number of ether oxygens (including phenoxy) is 3. The number of aryl methyl sites for hydroxylation is 1. The van der Waals surface area contributed by atoms with Crippen molar-refractivity contribution >= 4 is 17.5 Å². The number of anilines is 1. The Morgan fingerprint density at radius 2 is 1.87 bits per heavy atom. The SMILES string of the molecule is CO[C@@H](C(=O)NC1CCc2cc(-c3ccccc3)ccc2NC1=O)[C@@H]1OC(C)(C)O[C@H](/C=C/C(C)(C)C)[C@@H]1O. The van der Waals surface area contributed by atoms with Crippen LogP contribution in [0.5, 0.6) is 0 Å². The molecule has 0 aliphatic carbocycles. The zero-order valence-electron chi connectivity index (χ0n) is 23.6. The molecule has 0 bridgehead atoms. The average Bonchev–Trinajstić information content (AvgIpc) is 3.03. The quantitative estimate of drug-likeness (QED) is 0.478. The van der Waals surface area contributed by atoms with E-state index in [4.69, 9.17) is 14.2 Å². The van der Waals surface area contributed by atoms with E-state index in [1.54, 1.807) is 19.9 Å². The number of fused-ring (bicyclic) bond motifs is 1. The maximum absolute atomic E-state index is 13.4. The number of amides is 2. The highest BCUT2D eigenvalue weighted by atomic mass is 16.7. The molecule has 1 fully saturated rings. The predicted molar refractivity (Wildman–Crippen MR) is 150 cm³/mol. The van der Waals surface area contributed by atoms with Crippen molar-refractivity contribution in [2.24, 2.45) is 5.41 Å². The van der Waals surface area contributed by atoms with E-state index in [9.17, 15) is 14.7 Å². The molecule has 0 radical (unpaired) electrons. The molecule has 39 heavy (non-hydrogen) atoms. The minimum absolute atomic E-state index is 0.120. The first kappa shape index (κ1) is 29.0. The van der Waals surface area contributed by atoms with E-state index in [1.807, 2.05) is 69.3 Å². The number of aliphatic hydroxyl groups is 1. The van der Waals surface area contributed by atoms with Gasteiger partial charge in [-0.25, -0.2) is 0 Å². The number of carbonyl (C=O) groups excluding carboxylic acids is 2. The van der Waals surface area contributed by atoms with E-state index in [-0.39, 0.29) is 11.3 Å². The molecule has 2 aliphatic rings. The summed E-state index contributed by atoms with van der Waals surface area (Å²) in [6.07, 6.45) is 0.752. The lowest BCUT2D eigenvalue weighted by molar-refractivity contribution is -0.334. The molecule has 2 amide bonds. The van der Waals surface area contributed by atoms with Gasteiger partial charge in [-0.2, -0.15) is 0 Å². The number of benzene rings is 2. The third-order valence-corrected chi connectivity index (χ3v) is 6.92. The largest absolute Gasteiger partial charge is 0.387 e. The van der Waals surface area contributed by atoms with E-state index in [1.165, 1.54) is 7.11 Å². The lowest BCUT2D eigenvalue weighted by atomic mass is 9.93. The Morgan fingerprint density at radius 1 is 1.15 bits per heavy atom. The number of hydrogen-bond donors (Lipinski definition) is 3. The molecule has 8 heteroatoms. The number of nitrogens with one attached hydrogen (secondary N) is 2. The number of methoxy groups -OCH3 is 1. The van der Waals surface area contributed by atoms with Crippen LogP contribution in [-0.4, -0.2) is 60.3 Å². The van der Waals surface area contributed by atoms with E-state index in [2.05, 4.69) is 16.7 Å². The van der Waals surface area contributed by atoms with Gasteiger partial charge in [0.15, 0.2) is 11.9 Å². The first-order valence-corrected chi connectivity index (χ1v) is 13.4. The normalized spacial score (nSPS) is 25.9. The molecule has 0 saturated carbocycles. The second kappa shape index (κ2) is 11.6. The Balaban J connectivity index is 1.48. The summed E-state index contributed by atoms with van der Waals surface area (Å²) in [5.74, 6) is -1.90. The van der Waals surface area contributed by atoms with Gasteiger partial charge < -0.3 is 30.0 Å². The Bertz CT molecular complexity index is 1200. The fourth-order valence-corrected chi connectivity index (χ4v) is 4.95. The number of hydrogen-bond acceptors (Lipinski definition) is 6. The Morgan fingerprint density at radius 3 is 2.54 bits per heavy atom. The number of aliphatic hydroxyl groups excluding tert-OH is 1. The van der Waals surface area contributed by atoms with Gasteiger partial charge >= 0.3 is 0 Å². The summed E-state index contributed by atoms with van der Waals surface area (Å²) < 4.78 is 17.4. The van der Waals surface area contributed by atoms with E-state index in [0.29, 0.717) is 12.8 Å². The van der Waals surface area contributed by atoms with Crippen LogP contribution in [0.4, 0.5) is 5.69 Å². The minimum atomic E-state index is -1.16. The van der Waals surface area contributed by atoms with Crippen molar-refractivity contribution < 1.29 is 28.9 Å². The lowest BCUT2D eigenvalue weighted by Gasteiger charge is -2.45. The van der Waals surface area contributed by atoms with Crippen molar-refractivity contribution in [3.05, 3.63) is 66.2 Å². The monoisotopic (exact) mass is 536 g/mol. The van der Waals surface area contributed by atoms with Gasteiger partial charge in [0.2, 0.25) is 5.91 Å². The van der Waals surface area contributed by atoms with Crippen LogP contribution in [0, 0.1) is 5.41 Å². The third kappa shape index (κ3) is 7.13. The smallest absolute Gasteiger partial charge is 0.252 e. The van der Waals surface area contributed by atoms with Crippen LogP contribution in [0.1, 0.15) is 46.6 Å². The van der Waals surface area contributed by atoms with Gasteiger partial charge in [-0.1, -0.05) is 69.3 Å². The van der Waals surface area contributed by atoms with Gasteiger partial charge in [-0.15, -0.1) is 0 Å². The molecule has 210 valence electrons. The molecule has 3 N–H and O–H groups in total. The third-order valence-electron chi connectivity index (χ3n) is 6.92. The fraction of sp³-hybridized carbons (Fsp3) is 0.484. The molecule has 8 nitrogen and oxygen atoms in total. The first-order chi connectivity index (χ1) is 18.4. The van der Waals surface area contributed by atoms with E-state index < -0.39 is 42.2 Å². The van der Waals surface area contributed by atoms with Crippen LogP contribution in [0.2, 0.25) is 0 Å². The van der Waals surface area contributed by atoms with Crippen molar-refractivity contribution in [3.63, 3.8) is 0 Å². The molecule has 0 spiro atoms. The number of allylic oxidation sites excluding steroid dienone is 1. The van der Waals surface area contributed by atoms with Crippen molar-refractivity contribution in [1.29, 1.82) is 0 Å². The lowest BCUT2D eigenvalue weighted by Crippen LogP contribution is -2.61. The standard InChI is InChI=1S/C31H40N2O6/c1-30(2,3)17-16-24-25(34)26(39-31(4,5)38-24)27(37-6)29(36)33-23-15-13-21-18-20(19-10-8-7-9-11-19)12-14-22(21)32-28(23)35/h7-12,14,16-18,23-27,34H,13,15H2,1-6H3,(H,32,35)(H,33,36)/b17-16+/t23?,24-,25+,26-,27-/m1/s1. The Hall–Kier alpha value is -3.04. The molecule has 2 aromatic carbocycles. The maximum atomic E-state index is 13.4. The second-order valence-corrected chi connectivity index (χ2v) is 11.8. The predicted octanol–water partition coefficient (Wildman–Crippen LogP) is 4.22. The summed E-state index contributed by atoms with van der Waals surface area (Å²) in [5, 5.41) is 16.9. The van der Waals surface area contributed by atoms with E-state index in [0.717, 1.165) is 22.4 Å². The van der Waals surface area contributed by atoms with Gasteiger partial charge in [-0.3, -0.25) is 9.59 Å². The Labute approximate surface area is 230 Å². The summed E-state index contributed by atoms with van der Waals surface area (Å²) in [4.78, 5) is 26.5. The summed E-state index contributed by atoms with van der Waals surface area (Å²) in [7, 11) is 1.39. The molecule has 1 saturated heterocycles. The van der Waals surface area contributed by atoms with Crippen molar-refractivity contribution in [2.75, 3.05) is 12.4 Å². The van der Waals surface area contributed by atoms with E-state index >= 15 is 0 Å². The van der Waals surface area contributed by atoms with Crippen LogP contribution < -0.4 is 10.6 Å². The molecule has 2 heterocycles. The molecule has 2 aliphatic heterocycles. The number of carbonyl (C=O) groups is 2. The van der Waals surface area contributed by atoms with Crippen LogP contribution in [0.15, 0.2) is 60.7 Å². The molecule has 2 aromatic rings. The fourth-order valence-electron chi connectivity index (χ4n) is 4.95. The Kier molecular flexibility index (Phi) is 8.61. The van der Waals surface area contributed by atoms with Gasteiger partial charge in [0.05, 0.1) is 0 Å². The second-order valence-electron chi connectivity index (χ2n) is 11.8. The van der Waals surface area contributed by atoms with Crippen LogP contribution in [0.3, 0.4) is 0 Å². The molecular weight excluding hydrogens is 496 g/mol. The maximum Gasteiger partial charge on any atom is 0.252 e. The number of rotatable bonds is 6. The topological polar surface area (TPSA) is 106 Å². The zero-order valence-corrected chi connectivity index (χ0v) is 23.6. The summed E-state index contributed by atoms with van der Waals surface area (Å²) >= 11 is 0. The average molecular weight is 537 g/mol. The van der Waals surface area contributed by atoms with Gasteiger partial charge in [-0.05, 0) is 60.9 Å². The zero-order chi connectivity index (χ0) is 28.4. The minimum Gasteiger partial charge on any atom is -0.387 e.